The first-order valence-electron chi connectivity index (χ1n) is 9.70. The normalized spacial score (nSPS) is 10.9. The van der Waals surface area contributed by atoms with Gasteiger partial charge in [0.1, 0.15) is 6.54 Å². The van der Waals surface area contributed by atoms with Crippen LogP contribution in [0.4, 0.5) is 0 Å². The Bertz CT molecular complexity index is 781. The summed E-state index contributed by atoms with van der Waals surface area (Å²) < 4.78 is 2.43. The van der Waals surface area contributed by atoms with Gasteiger partial charge in [-0.05, 0) is 29.3 Å². The van der Waals surface area contributed by atoms with E-state index in [0.717, 1.165) is 6.54 Å². The van der Waals surface area contributed by atoms with Crippen LogP contribution in [0.15, 0.2) is 54.7 Å². The number of hydrogen-bond acceptors (Lipinski definition) is 0. The fraction of sp³-hybridized carbons (Fsp3) is 0.435. The Morgan fingerprint density at radius 3 is 2.16 bits per heavy atom. The molecular weight excluding hydrogens is 370 g/mol. The van der Waals surface area contributed by atoms with Crippen molar-refractivity contribution in [2.24, 2.45) is 0 Å². The second-order valence-corrected chi connectivity index (χ2v) is 6.90. The summed E-state index contributed by atoms with van der Waals surface area (Å²) in [7, 11) is 0. The monoisotopic (exact) mass is 399 g/mol. The standard InChI is InChI=1S/C23H30N.BrH/c1-2-3-4-5-6-7-8-11-18-24-19-12-15-22-21-14-10-9-13-20(21)16-17-23(22)24;/h9-10,12-17,19H,2-8,11,18H2,1H3;1H/q+1;/p-1. The summed E-state index contributed by atoms with van der Waals surface area (Å²) in [5.41, 5.74) is 1.36. The molecule has 1 heterocycles. The highest BCUT2D eigenvalue weighted by Gasteiger charge is 2.10. The van der Waals surface area contributed by atoms with Crippen LogP contribution in [-0.2, 0) is 6.54 Å². The van der Waals surface area contributed by atoms with Gasteiger partial charge in [0.25, 0.3) is 0 Å². The molecule has 0 aliphatic carbocycles. The fourth-order valence-electron chi connectivity index (χ4n) is 3.64. The lowest BCUT2D eigenvalue weighted by atomic mass is 10.0. The van der Waals surface area contributed by atoms with Gasteiger partial charge in [-0.2, -0.15) is 4.57 Å². The highest BCUT2D eigenvalue weighted by atomic mass is 79.9. The second-order valence-electron chi connectivity index (χ2n) is 6.90. The van der Waals surface area contributed by atoms with Crippen LogP contribution >= 0.6 is 0 Å². The third kappa shape index (κ3) is 5.28. The van der Waals surface area contributed by atoms with Gasteiger partial charge in [0.05, 0.1) is 5.39 Å². The number of aromatic nitrogens is 1. The molecule has 2 aromatic carbocycles. The third-order valence-electron chi connectivity index (χ3n) is 5.04. The number of aryl methyl sites for hydroxylation is 1. The van der Waals surface area contributed by atoms with E-state index in [2.05, 4.69) is 66.2 Å². The first kappa shape index (κ1) is 19.9. The number of benzene rings is 2. The van der Waals surface area contributed by atoms with E-state index in [-0.39, 0.29) is 17.0 Å². The smallest absolute Gasteiger partial charge is 0.213 e. The van der Waals surface area contributed by atoms with E-state index >= 15 is 0 Å². The van der Waals surface area contributed by atoms with Gasteiger partial charge in [-0.15, -0.1) is 0 Å². The van der Waals surface area contributed by atoms with Crippen LogP contribution in [0.2, 0.25) is 0 Å². The molecule has 134 valence electrons. The quantitative estimate of drug-likeness (QED) is 0.294. The predicted octanol–water partition coefficient (Wildman–Crippen LogP) is 3.43. The third-order valence-corrected chi connectivity index (χ3v) is 5.04. The van der Waals surface area contributed by atoms with Crippen molar-refractivity contribution in [2.75, 3.05) is 0 Å². The summed E-state index contributed by atoms with van der Waals surface area (Å²) in [6.07, 6.45) is 13.2. The Kier molecular flexibility index (Phi) is 8.40. The Labute approximate surface area is 162 Å². The van der Waals surface area contributed by atoms with Crippen molar-refractivity contribution in [3.05, 3.63) is 54.7 Å². The van der Waals surface area contributed by atoms with Crippen LogP contribution in [0.5, 0.6) is 0 Å². The first-order chi connectivity index (χ1) is 11.9. The largest absolute Gasteiger partial charge is 1.00 e. The summed E-state index contributed by atoms with van der Waals surface area (Å²) in [4.78, 5) is 0. The lowest BCUT2D eigenvalue weighted by molar-refractivity contribution is -0.671. The molecule has 0 bridgehead atoms. The number of halogens is 1. The van der Waals surface area contributed by atoms with Crippen molar-refractivity contribution >= 4 is 21.7 Å². The molecule has 0 N–H and O–H groups in total. The van der Waals surface area contributed by atoms with Crippen LogP contribution in [0.25, 0.3) is 21.7 Å². The van der Waals surface area contributed by atoms with Crippen LogP contribution in [0.3, 0.4) is 0 Å². The van der Waals surface area contributed by atoms with Crippen molar-refractivity contribution in [3.63, 3.8) is 0 Å². The average molecular weight is 400 g/mol. The summed E-state index contributed by atoms with van der Waals surface area (Å²) in [6.45, 7) is 3.41. The molecular formula is C23H30BrN. The number of pyridine rings is 1. The molecule has 1 nitrogen and oxygen atoms in total. The molecule has 0 unspecified atom stereocenters. The Hall–Kier alpha value is -1.41. The highest BCUT2D eigenvalue weighted by Crippen LogP contribution is 2.22. The molecule has 0 amide bonds. The minimum absolute atomic E-state index is 0. The van der Waals surface area contributed by atoms with Gasteiger partial charge < -0.3 is 17.0 Å². The molecule has 0 radical (unpaired) electrons. The lowest BCUT2D eigenvalue weighted by Gasteiger charge is -2.05. The topological polar surface area (TPSA) is 3.88 Å². The highest BCUT2D eigenvalue weighted by molar-refractivity contribution is 6.04. The number of nitrogens with zero attached hydrogens (tertiary/aromatic N) is 1. The van der Waals surface area contributed by atoms with E-state index in [9.17, 15) is 0 Å². The molecule has 3 rings (SSSR count). The Morgan fingerprint density at radius 2 is 1.36 bits per heavy atom. The number of unbranched alkanes of at least 4 members (excludes halogenated alkanes) is 7. The van der Waals surface area contributed by atoms with Gasteiger partial charge in [-0.25, -0.2) is 0 Å². The van der Waals surface area contributed by atoms with Gasteiger partial charge in [0.2, 0.25) is 5.52 Å². The molecule has 3 aromatic rings. The molecule has 0 spiro atoms. The van der Waals surface area contributed by atoms with Crippen molar-refractivity contribution in [3.8, 4) is 0 Å². The van der Waals surface area contributed by atoms with Gasteiger partial charge in [-0.1, -0.05) is 69.7 Å². The van der Waals surface area contributed by atoms with Crippen molar-refractivity contribution in [1.29, 1.82) is 0 Å². The molecule has 0 aliphatic rings. The second kappa shape index (κ2) is 10.6. The summed E-state index contributed by atoms with van der Waals surface area (Å²) >= 11 is 0. The van der Waals surface area contributed by atoms with Gasteiger partial charge >= 0.3 is 0 Å². The zero-order chi connectivity index (χ0) is 16.6. The zero-order valence-electron chi connectivity index (χ0n) is 15.4. The van der Waals surface area contributed by atoms with E-state index in [0.29, 0.717) is 0 Å². The van der Waals surface area contributed by atoms with E-state index in [1.807, 2.05) is 0 Å². The van der Waals surface area contributed by atoms with E-state index in [1.165, 1.54) is 73.0 Å². The molecule has 1 aromatic heterocycles. The maximum atomic E-state index is 2.43. The van der Waals surface area contributed by atoms with Crippen LogP contribution in [0, 0.1) is 0 Å². The minimum Gasteiger partial charge on any atom is -1.00 e. The maximum Gasteiger partial charge on any atom is 0.213 e. The number of hydrogen-bond donors (Lipinski definition) is 0. The minimum atomic E-state index is 0. The lowest BCUT2D eigenvalue weighted by Crippen LogP contribution is -3.00. The Morgan fingerprint density at radius 1 is 0.680 bits per heavy atom. The molecule has 0 fully saturated rings. The van der Waals surface area contributed by atoms with Gasteiger partial charge in [0, 0.05) is 18.6 Å². The van der Waals surface area contributed by atoms with E-state index in [4.69, 9.17) is 0 Å². The van der Waals surface area contributed by atoms with Crippen LogP contribution in [0.1, 0.15) is 58.3 Å². The van der Waals surface area contributed by atoms with Crippen molar-refractivity contribution in [2.45, 2.75) is 64.8 Å². The van der Waals surface area contributed by atoms with E-state index < -0.39 is 0 Å². The van der Waals surface area contributed by atoms with Crippen LogP contribution in [-0.4, -0.2) is 0 Å². The zero-order valence-corrected chi connectivity index (χ0v) is 17.0. The molecule has 25 heavy (non-hydrogen) atoms. The average Bonchev–Trinajstić information content (AvgIpc) is 2.64. The SMILES string of the molecule is CCCCCCCCCC[n+]1cccc2c3ccccc3ccc21.[Br-]. The fourth-order valence-corrected chi connectivity index (χ4v) is 3.64. The van der Waals surface area contributed by atoms with Gasteiger partial charge in [-0.3, -0.25) is 0 Å². The first-order valence-corrected chi connectivity index (χ1v) is 9.70. The molecule has 0 atom stereocenters. The molecule has 2 heteroatoms. The maximum absolute atomic E-state index is 2.43. The predicted molar refractivity (Wildman–Crippen MR) is 104 cm³/mol. The van der Waals surface area contributed by atoms with Crippen LogP contribution < -0.4 is 21.5 Å². The van der Waals surface area contributed by atoms with E-state index in [1.54, 1.807) is 0 Å². The number of rotatable bonds is 9. The molecule has 0 saturated carbocycles. The summed E-state index contributed by atoms with van der Waals surface area (Å²) in [6, 6.07) is 17.7. The number of fused-ring (bicyclic) bond motifs is 3. The summed E-state index contributed by atoms with van der Waals surface area (Å²) in [5, 5.41) is 4.06. The van der Waals surface area contributed by atoms with Gasteiger partial charge in [0.15, 0.2) is 6.20 Å². The van der Waals surface area contributed by atoms with Crippen molar-refractivity contribution in [1.82, 2.24) is 0 Å². The molecule has 0 aliphatic heterocycles. The summed E-state index contributed by atoms with van der Waals surface area (Å²) in [5.74, 6) is 0. The van der Waals surface area contributed by atoms with Crippen molar-refractivity contribution < 1.29 is 21.5 Å². The Balaban J connectivity index is 0.00000225. The molecule has 0 saturated heterocycles.